The van der Waals surface area contributed by atoms with E-state index in [1.54, 1.807) is 0 Å². The van der Waals surface area contributed by atoms with Gasteiger partial charge < -0.3 is 10.4 Å². The Bertz CT molecular complexity index is 337. The van der Waals surface area contributed by atoms with Crippen LogP contribution in [-0.2, 0) is 0 Å². The third-order valence-corrected chi connectivity index (χ3v) is 2.71. The van der Waals surface area contributed by atoms with Gasteiger partial charge in [0.05, 0.1) is 11.7 Å². The Labute approximate surface area is 101 Å². The number of rotatable bonds is 6. The minimum atomic E-state index is -1.16. The highest BCUT2D eigenvalue weighted by molar-refractivity contribution is 5.22. The summed E-state index contributed by atoms with van der Waals surface area (Å²) in [7, 11) is 0. The van der Waals surface area contributed by atoms with Gasteiger partial charge in [-0.05, 0) is 25.5 Å². The van der Waals surface area contributed by atoms with Gasteiger partial charge in [-0.3, -0.25) is 0 Å². The molecule has 2 nitrogen and oxygen atoms in total. The van der Waals surface area contributed by atoms with Crippen molar-refractivity contribution in [2.45, 2.75) is 38.8 Å². The summed E-state index contributed by atoms with van der Waals surface area (Å²) in [5.74, 6) is -1.41. The van der Waals surface area contributed by atoms with Gasteiger partial charge in [0.1, 0.15) is 11.6 Å². The van der Waals surface area contributed by atoms with Crippen LogP contribution in [0.2, 0.25) is 0 Å². The van der Waals surface area contributed by atoms with Gasteiger partial charge in [-0.15, -0.1) is 0 Å². The van der Waals surface area contributed by atoms with Gasteiger partial charge in [0, 0.05) is 12.6 Å². The molecule has 0 saturated carbocycles. The van der Waals surface area contributed by atoms with Gasteiger partial charge >= 0.3 is 0 Å². The summed E-state index contributed by atoms with van der Waals surface area (Å²) in [5, 5.41) is 12.8. The van der Waals surface area contributed by atoms with Crippen LogP contribution in [0, 0.1) is 11.6 Å². The lowest BCUT2D eigenvalue weighted by atomic mass is 10.1. The first kappa shape index (κ1) is 14.1. The molecule has 2 unspecified atom stereocenters. The lowest BCUT2D eigenvalue weighted by Crippen LogP contribution is -2.30. The Morgan fingerprint density at radius 1 is 1.29 bits per heavy atom. The zero-order chi connectivity index (χ0) is 12.8. The molecule has 1 rings (SSSR count). The highest BCUT2D eigenvalue weighted by Gasteiger charge is 2.17. The second-order valence-corrected chi connectivity index (χ2v) is 4.25. The van der Waals surface area contributed by atoms with Crippen LogP contribution < -0.4 is 5.32 Å². The van der Waals surface area contributed by atoms with E-state index < -0.39 is 17.7 Å². The van der Waals surface area contributed by atoms with E-state index in [-0.39, 0.29) is 18.2 Å². The summed E-state index contributed by atoms with van der Waals surface area (Å²) < 4.78 is 26.7. The number of hydrogen-bond donors (Lipinski definition) is 2. The summed E-state index contributed by atoms with van der Waals surface area (Å²) in [4.78, 5) is 0. The molecule has 0 radical (unpaired) electrons. The molecule has 96 valence electrons. The first-order valence-electron chi connectivity index (χ1n) is 5.91. The first-order chi connectivity index (χ1) is 8.06. The van der Waals surface area contributed by atoms with Crippen LogP contribution in [0.5, 0.6) is 0 Å². The molecule has 1 aromatic carbocycles. The summed E-state index contributed by atoms with van der Waals surface area (Å²) in [5.41, 5.74) is -0.260. The maximum absolute atomic E-state index is 13.3. The molecule has 0 spiro atoms. The predicted octanol–water partition coefficient (Wildman–Crippen LogP) is 2.78. The number of halogens is 2. The average molecular weight is 243 g/mol. The van der Waals surface area contributed by atoms with Gasteiger partial charge in [0.2, 0.25) is 0 Å². The van der Waals surface area contributed by atoms with Gasteiger partial charge in [-0.1, -0.05) is 19.4 Å². The molecule has 2 N–H and O–H groups in total. The fourth-order valence-electron chi connectivity index (χ4n) is 1.78. The Hall–Kier alpha value is -1.00. The maximum Gasteiger partial charge on any atom is 0.131 e. The van der Waals surface area contributed by atoms with E-state index in [1.165, 1.54) is 6.07 Å². The molecule has 0 heterocycles. The fraction of sp³-hybridized carbons (Fsp3) is 0.538. The van der Waals surface area contributed by atoms with Crippen LogP contribution in [0.25, 0.3) is 0 Å². The Morgan fingerprint density at radius 3 is 2.41 bits per heavy atom. The molecule has 0 amide bonds. The van der Waals surface area contributed by atoms with Gasteiger partial charge in [0.15, 0.2) is 0 Å². The number of aliphatic hydroxyl groups is 1. The minimum Gasteiger partial charge on any atom is -0.387 e. The average Bonchev–Trinajstić information content (AvgIpc) is 2.26. The molecule has 4 heteroatoms. The molecule has 0 aromatic heterocycles. The predicted molar refractivity (Wildman–Crippen MR) is 63.7 cm³/mol. The molecule has 0 bridgehead atoms. The van der Waals surface area contributed by atoms with Crippen molar-refractivity contribution in [1.29, 1.82) is 0 Å². The molecule has 0 aliphatic rings. The van der Waals surface area contributed by atoms with Gasteiger partial charge in [-0.2, -0.15) is 0 Å². The van der Waals surface area contributed by atoms with Crippen LogP contribution in [0.4, 0.5) is 8.78 Å². The van der Waals surface area contributed by atoms with Crippen molar-refractivity contribution in [3.8, 4) is 0 Å². The van der Waals surface area contributed by atoms with Crippen molar-refractivity contribution in [3.63, 3.8) is 0 Å². The Kier molecular flexibility index (Phi) is 5.51. The first-order valence-corrected chi connectivity index (χ1v) is 5.91. The van der Waals surface area contributed by atoms with Crippen molar-refractivity contribution in [1.82, 2.24) is 5.32 Å². The highest BCUT2D eigenvalue weighted by atomic mass is 19.1. The van der Waals surface area contributed by atoms with Crippen molar-refractivity contribution in [3.05, 3.63) is 35.4 Å². The monoisotopic (exact) mass is 243 g/mol. The topological polar surface area (TPSA) is 32.3 Å². The summed E-state index contributed by atoms with van der Waals surface area (Å²) in [6.45, 7) is 4.19. The van der Waals surface area contributed by atoms with Crippen LogP contribution in [0.1, 0.15) is 38.4 Å². The van der Waals surface area contributed by atoms with Crippen LogP contribution in [0.15, 0.2) is 18.2 Å². The standard InChI is InChI=1S/C13H19F2NO/c1-3-5-9(2)16-8-12(17)13-10(14)6-4-7-11(13)15/h4,6-7,9,12,16-17H,3,5,8H2,1-2H3. The number of nitrogens with one attached hydrogen (secondary N) is 1. The smallest absolute Gasteiger partial charge is 0.131 e. The van der Waals surface area contributed by atoms with Gasteiger partial charge in [0.25, 0.3) is 0 Å². The van der Waals surface area contributed by atoms with Crippen LogP contribution >= 0.6 is 0 Å². The summed E-state index contributed by atoms with van der Waals surface area (Å²) in [6, 6.07) is 3.81. The van der Waals surface area contributed by atoms with E-state index in [0.717, 1.165) is 25.0 Å². The quantitative estimate of drug-likeness (QED) is 0.805. The summed E-state index contributed by atoms with van der Waals surface area (Å²) in [6.07, 6.45) is 0.834. The van der Waals surface area contributed by atoms with Crippen molar-refractivity contribution in [2.24, 2.45) is 0 Å². The molecule has 0 fully saturated rings. The van der Waals surface area contributed by atoms with Crippen molar-refractivity contribution < 1.29 is 13.9 Å². The van der Waals surface area contributed by atoms with Crippen molar-refractivity contribution in [2.75, 3.05) is 6.54 Å². The van der Waals surface area contributed by atoms with E-state index in [2.05, 4.69) is 12.2 Å². The molecule has 1 aromatic rings. The number of aliphatic hydroxyl groups excluding tert-OH is 1. The molecular weight excluding hydrogens is 224 g/mol. The third-order valence-electron chi connectivity index (χ3n) is 2.71. The fourth-order valence-corrected chi connectivity index (χ4v) is 1.78. The van der Waals surface area contributed by atoms with E-state index in [9.17, 15) is 13.9 Å². The van der Waals surface area contributed by atoms with E-state index >= 15 is 0 Å². The molecule has 17 heavy (non-hydrogen) atoms. The van der Waals surface area contributed by atoms with Crippen LogP contribution in [-0.4, -0.2) is 17.7 Å². The van der Waals surface area contributed by atoms with Crippen molar-refractivity contribution >= 4 is 0 Å². The van der Waals surface area contributed by atoms with E-state index in [1.807, 2.05) is 6.92 Å². The number of hydrogen-bond acceptors (Lipinski definition) is 2. The summed E-state index contributed by atoms with van der Waals surface area (Å²) >= 11 is 0. The second-order valence-electron chi connectivity index (χ2n) is 4.25. The van der Waals surface area contributed by atoms with E-state index in [0.29, 0.717) is 0 Å². The Balaban J connectivity index is 2.61. The lowest BCUT2D eigenvalue weighted by Gasteiger charge is -2.17. The normalized spacial score (nSPS) is 14.6. The molecule has 2 atom stereocenters. The number of benzene rings is 1. The Morgan fingerprint density at radius 2 is 1.88 bits per heavy atom. The second kappa shape index (κ2) is 6.67. The SMILES string of the molecule is CCCC(C)NCC(O)c1c(F)cccc1F. The van der Waals surface area contributed by atoms with Crippen LogP contribution in [0.3, 0.4) is 0 Å². The highest BCUT2D eigenvalue weighted by Crippen LogP contribution is 2.20. The molecule has 0 saturated heterocycles. The third kappa shape index (κ3) is 4.06. The zero-order valence-corrected chi connectivity index (χ0v) is 10.2. The lowest BCUT2D eigenvalue weighted by molar-refractivity contribution is 0.160. The molecular formula is C13H19F2NO. The maximum atomic E-state index is 13.3. The molecule has 0 aliphatic heterocycles. The minimum absolute atomic E-state index is 0.152. The van der Waals surface area contributed by atoms with E-state index in [4.69, 9.17) is 0 Å². The molecule has 0 aliphatic carbocycles. The largest absolute Gasteiger partial charge is 0.387 e. The van der Waals surface area contributed by atoms with Gasteiger partial charge in [-0.25, -0.2) is 8.78 Å². The zero-order valence-electron chi connectivity index (χ0n) is 10.2.